The van der Waals surface area contributed by atoms with Gasteiger partial charge in [-0.3, -0.25) is 10.1 Å². The number of anilines is 1. The van der Waals surface area contributed by atoms with Crippen LogP contribution < -0.4 is 10.9 Å². The summed E-state index contributed by atoms with van der Waals surface area (Å²) in [5.74, 6) is 1.15. The predicted molar refractivity (Wildman–Crippen MR) is 143 cm³/mol. The monoisotopic (exact) mass is 523 g/mol. The Balaban J connectivity index is 1.33. The number of methoxy groups -OCH3 is 1. The molecule has 6 rings (SSSR count). The third-order valence-electron chi connectivity index (χ3n) is 6.88. The maximum atomic E-state index is 13.5. The minimum atomic E-state index is -0.537. The molecule has 2 aromatic carbocycles. The van der Waals surface area contributed by atoms with Gasteiger partial charge in [0.05, 0.1) is 12.8 Å². The van der Waals surface area contributed by atoms with Crippen LogP contribution in [-0.4, -0.2) is 43.0 Å². The molecule has 11 nitrogen and oxygen atoms in total. The molecule has 1 N–H and O–H groups in total. The summed E-state index contributed by atoms with van der Waals surface area (Å²) in [6.07, 6.45) is 2.42. The summed E-state index contributed by atoms with van der Waals surface area (Å²) in [4.78, 5) is 29.7. The van der Waals surface area contributed by atoms with Crippen LogP contribution in [0.4, 0.5) is 10.5 Å². The Bertz CT molecular complexity index is 1740. The highest BCUT2D eigenvalue weighted by Gasteiger charge is 2.30. The summed E-state index contributed by atoms with van der Waals surface area (Å²) in [7, 11) is 1.31. The van der Waals surface area contributed by atoms with Crippen LogP contribution in [0.2, 0.25) is 0 Å². The summed E-state index contributed by atoms with van der Waals surface area (Å²) in [5.41, 5.74) is 6.49. The van der Waals surface area contributed by atoms with Gasteiger partial charge in [0.15, 0.2) is 0 Å². The smallest absolute Gasteiger partial charge is 0.411 e. The van der Waals surface area contributed by atoms with E-state index in [1.807, 2.05) is 50.2 Å². The normalized spacial score (nSPS) is 14.3. The van der Waals surface area contributed by atoms with Crippen LogP contribution in [0.3, 0.4) is 0 Å². The number of carbonyl (C=O) groups excluding carboxylic acids is 1. The molecule has 0 aliphatic carbocycles. The molecule has 4 heterocycles. The topological polar surface area (TPSA) is 130 Å². The summed E-state index contributed by atoms with van der Waals surface area (Å²) < 4.78 is 14.1. The minimum absolute atomic E-state index is 0.121. The summed E-state index contributed by atoms with van der Waals surface area (Å²) in [6, 6.07) is 16.6. The fourth-order valence-corrected chi connectivity index (χ4v) is 5.04. The molecule has 0 bridgehead atoms. The van der Waals surface area contributed by atoms with E-state index in [0.29, 0.717) is 35.9 Å². The first-order chi connectivity index (χ1) is 18.9. The number of hydrogen-bond donors (Lipinski definition) is 1. The number of benzene rings is 2. The van der Waals surface area contributed by atoms with Crippen LogP contribution in [0, 0.1) is 13.8 Å². The number of nitrogens with one attached hydrogen (secondary N) is 1. The number of ether oxygens (including phenoxy) is 1. The van der Waals surface area contributed by atoms with Gasteiger partial charge in [-0.25, -0.2) is 9.78 Å². The lowest BCUT2D eigenvalue weighted by atomic mass is 10.0. The van der Waals surface area contributed by atoms with Crippen molar-refractivity contribution in [3.63, 3.8) is 0 Å². The number of rotatable bonds is 5. The molecule has 0 fully saturated rings. The van der Waals surface area contributed by atoms with E-state index < -0.39 is 6.09 Å². The zero-order chi connectivity index (χ0) is 27.1. The molecule has 5 aromatic rings. The molecule has 11 heteroatoms. The second-order valence-corrected chi connectivity index (χ2v) is 9.42. The Hall–Kier alpha value is -5.06. The molecular weight excluding hydrogens is 498 g/mol. The number of aromatic nitrogens is 6. The van der Waals surface area contributed by atoms with Gasteiger partial charge in [0.2, 0.25) is 5.89 Å². The first-order valence-corrected chi connectivity index (χ1v) is 12.4. The number of amides is 1. The van der Waals surface area contributed by atoms with Gasteiger partial charge in [0.1, 0.15) is 23.8 Å². The van der Waals surface area contributed by atoms with Gasteiger partial charge in [0.25, 0.3) is 5.56 Å². The number of pyridine rings is 1. The first kappa shape index (κ1) is 24.3. The SMILES string of the molecule is COC(=O)Nc1ccc(-c2nc([C@@H]3CCc4cc(-c5cc(C)ccc5-n5cnnn5)cc(=O)n43)oc2C)cc1. The summed E-state index contributed by atoms with van der Waals surface area (Å²) in [6.45, 7) is 3.86. The van der Waals surface area contributed by atoms with Gasteiger partial charge >= 0.3 is 6.09 Å². The van der Waals surface area contributed by atoms with Gasteiger partial charge in [-0.05, 0) is 73.0 Å². The van der Waals surface area contributed by atoms with Crippen LogP contribution in [0.25, 0.3) is 28.1 Å². The summed E-state index contributed by atoms with van der Waals surface area (Å²) >= 11 is 0. The Morgan fingerprint density at radius 1 is 1.08 bits per heavy atom. The van der Waals surface area contributed by atoms with Gasteiger partial charge in [-0.1, -0.05) is 23.8 Å². The highest BCUT2D eigenvalue weighted by Crippen LogP contribution is 2.36. The van der Waals surface area contributed by atoms with E-state index in [1.54, 1.807) is 27.4 Å². The van der Waals surface area contributed by atoms with Gasteiger partial charge in [-0.2, -0.15) is 4.68 Å². The maximum absolute atomic E-state index is 13.5. The van der Waals surface area contributed by atoms with Crippen LogP contribution in [0.5, 0.6) is 0 Å². The van der Waals surface area contributed by atoms with Crippen molar-refractivity contribution in [2.45, 2.75) is 32.7 Å². The maximum Gasteiger partial charge on any atom is 0.411 e. The Kier molecular flexibility index (Phi) is 6.02. The Labute approximate surface area is 223 Å². The molecule has 0 saturated heterocycles. The first-order valence-electron chi connectivity index (χ1n) is 12.4. The highest BCUT2D eigenvalue weighted by molar-refractivity contribution is 5.85. The van der Waals surface area contributed by atoms with Crippen LogP contribution in [0.15, 0.2) is 70.1 Å². The zero-order valence-corrected chi connectivity index (χ0v) is 21.6. The predicted octanol–water partition coefficient (Wildman–Crippen LogP) is 4.48. The molecule has 3 aromatic heterocycles. The fourth-order valence-electron chi connectivity index (χ4n) is 5.04. The van der Waals surface area contributed by atoms with Crippen LogP contribution >= 0.6 is 0 Å². The van der Waals surface area contributed by atoms with E-state index in [9.17, 15) is 9.59 Å². The van der Waals surface area contributed by atoms with Gasteiger partial charge < -0.3 is 13.7 Å². The highest BCUT2D eigenvalue weighted by atomic mass is 16.5. The molecule has 1 amide bonds. The lowest BCUT2D eigenvalue weighted by molar-refractivity contribution is 0.187. The number of nitrogens with zero attached hydrogens (tertiary/aromatic N) is 6. The van der Waals surface area contributed by atoms with E-state index in [2.05, 4.69) is 25.6 Å². The lowest BCUT2D eigenvalue weighted by Gasteiger charge is -2.14. The van der Waals surface area contributed by atoms with E-state index >= 15 is 0 Å². The van der Waals surface area contributed by atoms with E-state index in [1.165, 1.54) is 13.4 Å². The average Bonchev–Trinajstić information content (AvgIpc) is 3.69. The molecule has 39 heavy (non-hydrogen) atoms. The van der Waals surface area contributed by atoms with Crippen molar-refractivity contribution >= 4 is 11.8 Å². The molecule has 0 saturated carbocycles. The number of fused-ring (bicyclic) bond motifs is 1. The molecule has 0 unspecified atom stereocenters. The second kappa shape index (κ2) is 9.67. The van der Waals surface area contributed by atoms with Crippen LogP contribution in [0.1, 0.15) is 35.4 Å². The number of hydrogen-bond acceptors (Lipinski definition) is 8. The Morgan fingerprint density at radius 2 is 1.90 bits per heavy atom. The molecule has 1 atom stereocenters. The second-order valence-electron chi connectivity index (χ2n) is 9.42. The molecule has 196 valence electrons. The largest absolute Gasteiger partial charge is 0.453 e. The van der Waals surface area contributed by atoms with Gasteiger partial charge in [0, 0.05) is 28.6 Å². The standard InChI is InChI=1S/C28H25N7O4/c1-16-4-10-23(34-15-29-32-33-34)22(12-16)19-13-21-9-11-24(35(21)25(36)14-19)27-31-26(17(2)39-27)18-5-7-20(8-6-18)30-28(37)38-3/h4-8,10,12-15,24H,9,11H2,1-3H3,(H,30,37)/t24-/m0/s1. The molecular formula is C28H25N7O4. The van der Waals surface area contributed by atoms with Crippen molar-refractivity contribution in [1.29, 1.82) is 0 Å². The molecule has 0 radical (unpaired) electrons. The van der Waals surface area contributed by atoms with E-state index in [0.717, 1.165) is 33.6 Å². The third-order valence-corrected chi connectivity index (χ3v) is 6.88. The van der Waals surface area contributed by atoms with Crippen molar-refractivity contribution < 1.29 is 13.9 Å². The van der Waals surface area contributed by atoms with E-state index in [4.69, 9.17) is 9.40 Å². The van der Waals surface area contributed by atoms with Crippen LogP contribution in [-0.2, 0) is 11.2 Å². The number of oxazole rings is 1. The molecule has 0 spiro atoms. The van der Waals surface area contributed by atoms with Crippen molar-refractivity contribution in [1.82, 2.24) is 29.8 Å². The third kappa shape index (κ3) is 4.48. The zero-order valence-electron chi connectivity index (χ0n) is 21.6. The van der Waals surface area contributed by atoms with Crippen molar-refractivity contribution in [3.05, 3.63) is 94.2 Å². The van der Waals surface area contributed by atoms with Crippen molar-refractivity contribution in [3.8, 4) is 28.1 Å². The molecule has 1 aliphatic rings. The summed E-state index contributed by atoms with van der Waals surface area (Å²) in [5, 5.41) is 14.2. The molecule has 1 aliphatic heterocycles. The number of tetrazole rings is 1. The average molecular weight is 524 g/mol. The fraction of sp³-hybridized carbons (Fsp3) is 0.214. The minimum Gasteiger partial charge on any atom is -0.453 e. The quantitative estimate of drug-likeness (QED) is 0.357. The Morgan fingerprint density at radius 3 is 2.64 bits per heavy atom. The van der Waals surface area contributed by atoms with Gasteiger partial charge in [-0.15, -0.1) is 5.10 Å². The number of carbonyl (C=O) groups is 1. The van der Waals surface area contributed by atoms with Crippen molar-refractivity contribution in [2.24, 2.45) is 0 Å². The lowest BCUT2D eigenvalue weighted by Crippen LogP contribution is -2.23. The number of aryl methyl sites for hydroxylation is 3. The van der Waals surface area contributed by atoms with E-state index in [-0.39, 0.29) is 11.6 Å². The van der Waals surface area contributed by atoms with Crippen molar-refractivity contribution in [2.75, 3.05) is 12.4 Å².